The van der Waals surface area contributed by atoms with E-state index in [2.05, 4.69) is 20.9 Å². The van der Waals surface area contributed by atoms with Crippen LogP contribution in [0.4, 0.5) is 0 Å². The second-order valence-corrected chi connectivity index (χ2v) is 5.41. The highest BCUT2D eigenvalue weighted by Crippen LogP contribution is 2.37. The van der Waals surface area contributed by atoms with E-state index in [0.717, 1.165) is 26.4 Å². The van der Waals surface area contributed by atoms with Crippen LogP contribution in [0.3, 0.4) is 0 Å². The summed E-state index contributed by atoms with van der Waals surface area (Å²) in [6.07, 6.45) is 1.73. The van der Waals surface area contributed by atoms with Crippen molar-refractivity contribution in [2.45, 2.75) is 0 Å². The SMILES string of the molecule is Oc1ccccc1-c1ccc(Br)c2cnc(Cl)cc12. The third-order valence-electron chi connectivity index (χ3n) is 3.01. The Labute approximate surface area is 123 Å². The average molecular weight is 335 g/mol. The molecule has 0 bridgehead atoms. The molecule has 0 unspecified atom stereocenters. The topological polar surface area (TPSA) is 33.1 Å². The molecule has 0 amide bonds. The summed E-state index contributed by atoms with van der Waals surface area (Å²) in [5.41, 5.74) is 1.71. The summed E-state index contributed by atoms with van der Waals surface area (Å²) >= 11 is 9.48. The van der Waals surface area contributed by atoms with Crippen LogP contribution in [0.2, 0.25) is 5.15 Å². The number of phenolic OH excluding ortho intramolecular Hbond substituents is 1. The number of halogens is 2. The number of phenols is 1. The van der Waals surface area contributed by atoms with Crippen molar-refractivity contribution >= 4 is 38.3 Å². The number of fused-ring (bicyclic) bond motifs is 1. The number of hydrogen-bond donors (Lipinski definition) is 1. The molecule has 0 radical (unpaired) electrons. The van der Waals surface area contributed by atoms with Gasteiger partial charge in [0.05, 0.1) is 0 Å². The fourth-order valence-corrected chi connectivity index (χ4v) is 2.72. The lowest BCUT2D eigenvalue weighted by Crippen LogP contribution is -1.85. The van der Waals surface area contributed by atoms with Crippen molar-refractivity contribution in [2.75, 3.05) is 0 Å². The minimum atomic E-state index is 0.249. The predicted octanol–water partition coefficient (Wildman–Crippen LogP) is 5.02. The van der Waals surface area contributed by atoms with Crippen molar-refractivity contribution in [3.8, 4) is 16.9 Å². The Bertz CT molecular complexity index is 773. The maximum Gasteiger partial charge on any atom is 0.129 e. The van der Waals surface area contributed by atoms with Gasteiger partial charge in [0, 0.05) is 21.6 Å². The van der Waals surface area contributed by atoms with Crippen LogP contribution < -0.4 is 0 Å². The molecule has 0 atom stereocenters. The Kier molecular flexibility index (Phi) is 3.17. The van der Waals surface area contributed by atoms with Gasteiger partial charge in [-0.1, -0.05) is 51.8 Å². The lowest BCUT2D eigenvalue weighted by atomic mass is 9.99. The molecular formula is C15H9BrClNO. The highest BCUT2D eigenvalue weighted by molar-refractivity contribution is 9.10. The van der Waals surface area contributed by atoms with Crippen LogP contribution in [0.1, 0.15) is 0 Å². The Morgan fingerprint density at radius 3 is 2.58 bits per heavy atom. The van der Waals surface area contributed by atoms with Crippen molar-refractivity contribution in [2.24, 2.45) is 0 Å². The summed E-state index contributed by atoms with van der Waals surface area (Å²) in [6, 6.07) is 13.0. The molecule has 4 heteroatoms. The minimum absolute atomic E-state index is 0.249. The zero-order chi connectivity index (χ0) is 13.4. The van der Waals surface area contributed by atoms with Crippen molar-refractivity contribution in [3.05, 3.63) is 58.3 Å². The van der Waals surface area contributed by atoms with E-state index in [9.17, 15) is 5.11 Å². The van der Waals surface area contributed by atoms with Crippen LogP contribution in [-0.4, -0.2) is 10.1 Å². The van der Waals surface area contributed by atoms with Crippen molar-refractivity contribution in [1.29, 1.82) is 0 Å². The summed E-state index contributed by atoms with van der Waals surface area (Å²) in [5.74, 6) is 0.249. The lowest BCUT2D eigenvalue weighted by molar-refractivity contribution is 0.477. The van der Waals surface area contributed by atoms with Crippen LogP contribution in [0.5, 0.6) is 5.75 Å². The molecule has 1 N–H and O–H groups in total. The van der Waals surface area contributed by atoms with E-state index in [4.69, 9.17) is 11.6 Å². The number of benzene rings is 2. The molecule has 19 heavy (non-hydrogen) atoms. The van der Waals surface area contributed by atoms with E-state index in [1.807, 2.05) is 30.3 Å². The molecule has 1 aromatic heterocycles. The van der Waals surface area contributed by atoms with Gasteiger partial charge in [-0.05, 0) is 29.1 Å². The molecule has 0 saturated carbocycles. The van der Waals surface area contributed by atoms with Gasteiger partial charge in [-0.2, -0.15) is 0 Å². The van der Waals surface area contributed by atoms with Crippen LogP contribution in [0.25, 0.3) is 21.9 Å². The van der Waals surface area contributed by atoms with Gasteiger partial charge < -0.3 is 5.11 Å². The zero-order valence-corrected chi connectivity index (χ0v) is 12.1. The van der Waals surface area contributed by atoms with Gasteiger partial charge in [-0.25, -0.2) is 4.98 Å². The molecule has 0 spiro atoms. The average Bonchev–Trinajstić information content (AvgIpc) is 2.40. The van der Waals surface area contributed by atoms with Gasteiger partial charge in [-0.3, -0.25) is 0 Å². The molecule has 0 aliphatic rings. The summed E-state index contributed by atoms with van der Waals surface area (Å²) in [5, 5.41) is 12.4. The highest BCUT2D eigenvalue weighted by atomic mass is 79.9. The van der Waals surface area contributed by atoms with Crippen molar-refractivity contribution < 1.29 is 5.11 Å². The van der Waals surface area contributed by atoms with Gasteiger partial charge in [0.15, 0.2) is 0 Å². The Hall–Kier alpha value is -1.58. The quantitative estimate of drug-likeness (QED) is 0.634. The first kappa shape index (κ1) is 12.5. The lowest BCUT2D eigenvalue weighted by Gasteiger charge is -2.10. The van der Waals surface area contributed by atoms with Crippen molar-refractivity contribution in [3.63, 3.8) is 0 Å². The monoisotopic (exact) mass is 333 g/mol. The molecular weight excluding hydrogens is 326 g/mol. The second-order valence-electron chi connectivity index (χ2n) is 4.16. The van der Waals surface area contributed by atoms with E-state index >= 15 is 0 Å². The summed E-state index contributed by atoms with van der Waals surface area (Å²) in [4.78, 5) is 4.10. The third-order valence-corrected chi connectivity index (χ3v) is 3.91. The van der Waals surface area contributed by atoms with E-state index < -0.39 is 0 Å². The smallest absolute Gasteiger partial charge is 0.129 e. The van der Waals surface area contributed by atoms with E-state index in [1.54, 1.807) is 18.3 Å². The standard InChI is InChI=1S/C15H9BrClNO/c16-13-6-5-9(10-3-1-2-4-14(10)19)11-7-15(17)18-8-12(11)13/h1-8,19H. The molecule has 2 nitrogen and oxygen atoms in total. The molecule has 3 rings (SSSR count). The molecule has 0 saturated heterocycles. The molecule has 0 fully saturated rings. The number of aromatic nitrogens is 1. The highest BCUT2D eigenvalue weighted by Gasteiger charge is 2.10. The maximum absolute atomic E-state index is 10.0. The van der Waals surface area contributed by atoms with E-state index in [1.165, 1.54) is 0 Å². The first-order chi connectivity index (χ1) is 9.16. The Balaban J connectivity index is 2.39. The number of pyridine rings is 1. The molecule has 0 aliphatic heterocycles. The fraction of sp³-hybridized carbons (Fsp3) is 0. The molecule has 0 aliphatic carbocycles. The Morgan fingerprint density at radius 2 is 1.79 bits per heavy atom. The Morgan fingerprint density at radius 1 is 1.00 bits per heavy atom. The summed E-state index contributed by atoms with van der Waals surface area (Å²) in [6.45, 7) is 0. The number of para-hydroxylation sites is 1. The van der Waals surface area contributed by atoms with Gasteiger partial charge in [0.25, 0.3) is 0 Å². The van der Waals surface area contributed by atoms with Gasteiger partial charge in [-0.15, -0.1) is 0 Å². The third kappa shape index (κ3) is 2.20. The van der Waals surface area contributed by atoms with Crippen LogP contribution >= 0.6 is 27.5 Å². The minimum Gasteiger partial charge on any atom is -0.507 e. The summed E-state index contributed by atoms with van der Waals surface area (Å²) in [7, 11) is 0. The van der Waals surface area contributed by atoms with Gasteiger partial charge in [0.1, 0.15) is 10.9 Å². The second kappa shape index (κ2) is 4.83. The number of rotatable bonds is 1. The van der Waals surface area contributed by atoms with E-state index in [-0.39, 0.29) is 5.75 Å². The normalized spacial score (nSPS) is 10.8. The summed E-state index contributed by atoms with van der Waals surface area (Å²) < 4.78 is 0.950. The fourth-order valence-electron chi connectivity index (χ4n) is 2.12. The molecule has 94 valence electrons. The molecule has 3 aromatic rings. The molecule has 2 aromatic carbocycles. The van der Waals surface area contributed by atoms with E-state index in [0.29, 0.717) is 5.15 Å². The zero-order valence-electron chi connectivity index (χ0n) is 9.77. The number of nitrogens with zero attached hydrogens (tertiary/aromatic N) is 1. The first-order valence-corrected chi connectivity index (χ1v) is 6.86. The van der Waals surface area contributed by atoms with Crippen molar-refractivity contribution in [1.82, 2.24) is 4.98 Å². The maximum atomic E-state index is 10.0. The number of aromatic hydroxyl groups is 1. The first-order valence-electron chi connectivity index (χ1n) is 5.69. The number of hydrogen-bond acceptors (Lipinski definition) is 2. The van der Waals surface area contributed by atoms with Crippen LogP contribution in [0.15, 0.2) is 53.1 Å². The largest absolute Gasteiger partial charge is 0.507 e. The van der Waals surface area contributed by atoms with Crippen LogP contribution in [0, 0.1) is 0 Å². The van der Waals surface area contributed by atoms with Crippen LogP contribution in [-0.2, 0) is 0 Å². The molecule has 1 heterocycles. The predicted molar refractivity (Wildman–Crippen MR) is 81.6 cm³/mol. The van der Waals surface area contributed by atoms with Gasteiger partial charge >= 0.3 is 0 Å². The van der Waals surface area contributed by atoms with Gasteiger partial charge in [0.2, 0.25) is 0 Å².